The lowest BCUT2D eigenvalue weighted by molar-refractivity contribution is -0.111. The fourth-order valence-corrected chi connectivity index (χ4v) is 3.58. The summed E-state index contributed by atoms with van der Waals surface area (Å²) in [6.07, 6.45) is 3.28. The lowest BCUT2D eigenvalue weighted by Gasteiger charge is -2.14. The molecule has 0 radical (unpaired) electrons. The van der Waals surface area contributed by atoms with Crippen molar-refractivity contribution in [2.45, 2.75) is 6.92 Å². The molecule has 1 aromatic heterocycles. The summed E-state index contributed by atoms with van der Waals surface area (Å²) in [6, 6.07) is 21.3. The molecule has 1 amide bonds. The van der Waals surface area contributed by atoms with Crippen LogP contribution in [0.1, 0.15) is 11.5 Å². The molecule has 0 aliphatic rings. The highest BCUT2D eigenvalue weighted by Crippen LogP contribution is 2.30. The molecule has 3 aromatic carbocycles. The molecule has 0 atom stereocenters. The number of hydrogen-bond donors (Lipinski definition) is 1. The van der Waals surface area contributed by atoms with Crippen molar-refractivity contribution in [3.63, 3.8) is 0 Å². The molecular formula is C29H30N4O4. The molecule has 0 aliphatic heterocycles. The summed E-state index contributed by atoms with van der Waals surface area (Å²) >= 11 is 0. The molecule has 4 rings (SSSR count). The van der Waals surface area contributed by atoms with E-state index in [4.69, 9.17) is 14.0 Å². The molecule has 4 aromatic rings. The summed E-state index contributed by atoms with van der Waals surface area (Å²) in [6.45, 7) is 3.05. The fourth-order valence-electron chi connectivity index (χ4n) is 3.58. The van der Waals surface area contributed by atoms with E-state index in [1.165, 1.54) is 6.08 Å². The van der Waals surface area contributed by atoms with Crippen molar-refractivity contribution < 1.29 is 18.8 Å². The molecule has 0 saturated heterocycles. The van der Waals surface area contributed by atoms with E-state index in [-0.39, 0.29) is 5.91 Å². The Labute approximate surface area is 216 Å². The first-order valence-corrected chi connectivity index (χ1v) is 11.9. The first-order valence-electron chi connectivity index (χ1n) is 11.9. The van der Waals surface area contributed by atoms with Crippen molar-refractivity contribution in [3.8, 4) is 34.0 Å². The zero-order valence-electron chi connectivity index (χ0n) is 21.4. The largest absolute Gasteiger partial charge is 0.493 e. The van der Waals surface area contributed by atoms with Crippen LogP contribution in [0.25, 0.3) is 28.6 Å². The van der Waals surface area contributed by atoms with Crippen LogP contribution in [0, 0.1) is 6.92 Å². The minimum atomic E-state index is -0.235. The van der Waals surface area contributed by atoms with Gasteiger partial charge in [0.15, 0.2) is 11.5 Å². The Balaban J connectivity index is 1.36. The highest BCUT2D eigenvalue weighted by molar-refractivity contribution is 6.02. The Morgan fingerprint density at radius 3 is 2.27 bits per heavy atom. The van der Waals surface area contributed by atoms with Crippen LogP contribution < -0.4 is 14.8 Å². The van der Waals surface area contributed by atoms with Crippen LogP contribution in [0.2, 0.25) is 0 Å². The van der Waals surface area contributed by atoms with Gasteiger partial charge in [-0.15, -0.1) is 0 Å². The van der Waals surface area contributed by atoms with Gasteiger partial charge < -0.3 is 24.2 Å². The van der Waals surface area contributed by atoms with Crippen LogP contribution in [0.5, 0.6) is 11.5 Å². The number of aryl methyl sites for hydroxylation is 1. The minimum absolute atomic E-state index is 0.235. The summed E-state index contributed by atoms with van der Waals surface area (Å²) in [5, 5.41) is 6.82. The van der Waals surface area contributed by atoms with E-state index >= 15 is 0 Å². The molecule has 8 heteroatoms. The monoisotopic (exact) mass is 498 g/mol. The summed E-state index contributed by atoms with van der Waals surface area (Å²) in [4.78, 5) is 18.8. The summed E-state index contributed by atoms with van der Waals surface area (Å²) < 4.78 is 16.2. The molecule has 0 aliphatic carbocycles. The number of carbonyl (C=O) groups is 1. The second-order valence-electron chi connectivity index (χ2n) is 8.68. The van der Waals surface area contributed by atoms with E-state index in [1.54, 1.807) is 38.3 Å². The summed E-state index contributed by atoms with van der Waals surface area (Å²) in [5.74, 6) is 2.08. The van der Waals surface area contributed by atoms with Gasteiger partial charge in [0.2, 0.25) is 17.6 Å². The van der Waals surface area contributed by atoms with E-state index < -0.39 is 0 Å². The SMILES string of the molecule is COc1ccc(NC(=O)/C=C/c2ccc(-c3ccc(-c4noc(C)n4)cc3)cc2)cc1OCCN(C)C. The van der Waals surface area contributed by atoms with Gasteiger partial charge in [-0.25, -0.2) is 0 Å². The molecule has 0 fully saturated rings. The predicted octanol–water partition coefficient (Wildman–Crippen LogP) is 5.31. The van der Waals surface area contributed by atoms with Crippen LogP contribution in [-0.2, 0) is 4.79 Å². The molecule has 190 valence electrons. The van der Waals surface area contributed by atoms with Crippen LogP contribution in [0.15, 0.2) is 77.3 Å². The van der Waals surface area contributed by atoms with Gasteiger partial charge in [-0.1, -0.05) is 53.7 Å². The van der Waals surface area contributed by atoms with Crippen molar-refractivity contribution in [3.05, 3.63) is 84.3 Å². The second kappa shape index (κ2) is 12.0. The third kappa shape index (κ3) is 7.05. The topological polar surface area (TPSA) is 89.7 Å². The van der Waals surface area contributed by atoms with Crippen molar-refractivity contribution in [1.82, 2.24) is 15.0 Å². The summed E-state index contributed by atoms with van der Waals surface area (Å²) in [5.41, 5.74) is 4.58. The Morgan fingerprint density at radius 1 is 0.973 bits per heavy atom. The molecule has 1 N–H and O–H groups in total. The number of benzene rings is 3. The smallest absolute Gasteiger partial charge is 0.248 e. The Kier molecular flexibility index (Phi) is 8.33. The average molecular weight is 499 g/mol. The molecule has 8 nitrogen and oxygen atoms in total. The Morgan fingerprint density at radius 2 is 1.65 bits per heavy atom. The first kappa shape index (κ1) is 25.7. The van der Waals surface area contributed by atoms with Gasteiger partial charge in [-0.05, 0) is 49.0 Å². The van der Waals surface area contributed by atoms with E-state index in [0.717, 1.165) is 28.8 Å². The number of aromatic nitrogens is 2. The number of anilines is 1. The fraction of sp³-hybridized carbons (Fsp3) is 0.207. The number of ether oxygens (including phenoxy) is 2. The maximum atomic E-state index is 12.5. The number of amides is 1. The van der Waals surface area contributed by atoms with Crippen molar-refractivity contribution in [1.29, 1.82) is 0 Å². The quantitative estimate of drug-likeness (QED) is 0.296. The second-order valence-corrected chi connectivity index (χ2v) is 8.68. The standard InChI is InChI=1S/C29H30N4O4/c1-20-30-29(32-37-20)24-12-10-23(11-13-24)22-8-5-21(6-9-22)7-16-28(34)31-25-14-15-26(35-4)27(19-25)36-18-17-33(2)3/h5-16,19H,17-18H2,1-4H3,(H,31,34)/b16-7+. The van der Waals surface area contributed by atoms with Gasteiger partial charge in [-0.2, -0.15) is 4.98 Å². The number of likely N-dealkylation sites (N-methyl/N-ethyl adjacent to an activating group) is 1. The number of nitrogens with one attached hydrogen (secondary N) is 1. The Hall–Kier alpha value is -4.43. The number of nitrogens with zero attached hydrogens (tertiary/aromatic N) is 3. The Bertz CT molecular complexity index is 1360. The van der Waals surface area contributed by atoms with E-state index in [2.05, 4.69) is 15.5 Å². The van der Waals surface area contributed by atoms with Gasteiger partial charge >= 0.3 is 0 Å². The third-order valence-corrected chi connectivity index (χ3v) is 5.57. The molecule has 0 spiro atoms. The molecule has 0 bridgehead atoms. The zero-order chi connectivity index (χ0) is 26.2. The van der Waals surface area contributed by atoms with Crippen molar-refractivity contribution >= 4 is 17.7 Å². The average Bonchev–Trinajstić information content (AvgIpc) is 3.34. The maximum absolute atomic E-state index is 12.5. The van der Waals surface area contributed by atoms with Crippen molar-refractivity contribution in [2.24, 2.45) is 0 Å². The van der Waals surface area contributed by atoms with Gasteiger partial charge in [0, 0.05) is 36.9 Å². The molecule has 37 heavy (non-hydrogen) atoms. The number of rotatable bonds is 10. The molecule has 0 saturated carbocycles. The highest BCUT2D eigenvalue weighted by Gasteiger charge is 2.08. The zero-order valence-corrected chi connectivity index (χ0v) is 21.4. The first-order chi connectivity index (χ1) is 17.9. The number of methoxy groups -OCH3 is 1. The predicted molar refractivity (Wildman–Crippen MR) is 145 cm³/mol. The van der Waals surface area contributed by atoms with Gasteiger partial charge in [-0.3, -0.25) is 4.79 Å². The van der Waals surface area contributed by atoms with Crippen molar-refractivity contribution in [2.75, 3.05) is 39.7 Å². The van der Waals surface area contributed by atoms with Gasteiger partial charge in [0.1, 0.15) is 6.61 Å². The van der Waals surface area contributed by atoms with Crippen LogP contribution in [0.3, 0.4) is 0 Å². The van der Waals surface area contributed by atoms with Gasteiger partial charge in [0.25, 0.3) is 0 Å². The van der Waals surface area contributed by atoms with Crippen LogP contribution >= 0.6 is 0 Å². The third-order valence-electron chi connectivity index (χ3n) is 5.57. The minimum Gasteiger partial charge on any atom is -0.493 e. The normalized spacial score (nSPS) is 11.2. The van der Waals surface area contributed by atoms with E-state index in [9.17, 15) is 4.79 Å². The van der Waals surface area contributed by atoms with Crippen LogP contribution in [0.4, 0.5) is 5.69 Å². The highest BCUT2D eigenvalue weighted by atomic mass is 16.5. The summed E-state index contributed by atoms with van der Waals surface area (Å²) in [7, 11) is 5.55. The maximum Gasteiger partial charge on any atom is 0.248 e. The van der Waals surface area contributed by atoms with Crippen LogP contribution in [-0.4, -0.2) is 55.3 Å². The van der Waals surface area contributed by atoms with Gasteiger partial charge in [0.05, 0.1) is 7.11 Å². The molecular weight excluding hydrogens is 468 g/mol. The number of carbonyl (C=O) groups excluding carboxylic acids is 1. The lowest BCUT2D eigenvalue weighted by Crippen LogP contribution is -2.19. The molecule has 1 heterocycles. The lowest BCUT2D eigenvalue weighted by atomic mass is 10.0. The van der Waals surface area contributed by atoms with E-state index in [1.807, 2.05) is 67.5 Å². The number of hydrogen-bond acceptors (Lipinski definition) is 7. The molecule has 0 unspecified atom stereocenters. The van der Waals surface area contributed by atoms with E-state index in [0.29, 0.717) is 35.5 Å².